The summed E-state index contributed by atoms with van der Waals surface area (Å²) in [6, 6.07) is 16.9. The topological polar surface area (TPSA) is 54.3 Å². The Balaban J connectivity index is 1.35. The Morgan fingerprint density at radius 2 is 1.78 bits per heavy atom. The molecule has 7 heteroatoms. The largest absolute Gasteiger partial charge is 0.372 e. The number of benzene rings is 2. The standard InChI is InChI=1S/C30H35N3O2S2/c1-4-32(5-2)22-14-12-19(13-15-22)25-26-20-10-11-21(16-20)27(26)36-29-28(25)37-30(35)33(29)17-24(34)31-23-9-7-6-8-18(23)3/h6-9,12-15,20-21,25-27H,4-5,10-11,16-17H2,1-3H3,(H,31,34)/t20?,21?,25-,26?,27?/m1/s1. The molecule has 1 N–H and O–H groups in total. The summed E-state index contributed by atoms with van der Waals surface area (Å²) in [5, 5.41) is 4.57. The second-order valence-corrected chi connectivity index (χ2v) is 12.9. The Morgan fingerprint density at radius 1 is 1.05 bits per heavy atom. The van der Waals surface area contributed by atoms with E-state index in [1.807, 2.05) is 43.0 Å². The van der Waals surface area contributed by atoms with Crippen molar-refractivity contribution >= 4 is 40.4 Å². The van der Waals surface area contributed by atoms with Crippen molar-refractivity contribution in [3.8, 4) is 0 Å². The second kappa shape index (κ2) is 9.99. The van der Waals surface area contributed by atoms with Gasteiger partial charge in [-0.25, -0.2) is 0 Å². The van der Waals surface area contributed by atoms with Crippen LogP contribution in [0.15, 0.2) is 58.4 Å². The van der Waals surface area contributed by atoms with Gasteiger partial charge >= 0.3 is 4.87 Å². The van der Waals surface area contributed by atoms with Crippen LogP contribution in [0.3, 0.4) is 0 Å². The molecular weight excluding hydrogens is 498 g/mol. The van der Waals surface area contributed by atoms with Gasteiger partial charge in [0, 0.05) is 40.5 Å². The van der Waals surface area contributed by atoms with Gasteiger partial charge in [0.05, 0.1) is 5.03 Å². The van der Waals surface area contributed by atoms with Crippen LogP contribution in [0.25, 0.3) is 0 Å². The first-order valence-electron chi connectivity index (χ1n) is 13.6. The van der Waals surface area contributed by atoms with Crippen molar-refractivity contribution < 1.29 is 4.79 Å². The molecule has 1 aromatic heterocycles. The van der Waals surface area contributed by atoms with E-state index in [4.69, 9.17) is 0 Å². The number of thiazole rings is 1. The molecule has 0 spiro atoms. The molecule has 2 heterocycles. The van der Waals surface area contributed by atoms with Crippen LogP contribution in [0, 0.1) is 24.7 Å². The highest BCUT2D eigenvalue weighted by molar-refractivity contribution is 8.00. The zero-order chi connectivity index (χ0) is 25.7. The number of aryl methyl sites for hydroxylation is 1. The number of fused-ring (bicyclic) bond motifs is 6. The van der Waals surface area contributed by atoms with E-state index in [9.17, 15) is 9.59 Å². The third-order valence-corrected chi connectivity index (χ3v) is 11.6. The molecular formula is C30H35N3O2S2. The lowest BCUT2D eigenvalue weighted by Crippen LogP contribution is -2.35. The Labute approximate surface area is 227 Å². The summed E-state index contributed by atoms with van der Waals surface area (Å²) in [7, 11) is 0. The van der Waals surface area contributed by atoms with Crippen LogP contribution in [-0.4, -0.2) is 28.8 Å². The molecule has 3 aromatic rings. The smallest absolute Gasteiger partial charge is 0.308 e. The molecule has 0 radical (unpaired) electrons. The summed E-state index contributed by atoms with van der Waals surface area (Å²) in [6.07, 6.45) is 3.91. The molecule has 1 amide bonds. The monoisotopic (exact) mass is 533 g/mol. The van der Waals surface area contributed by atoms with Crippen molar-refractivity contribution in [2.24, 2.45) is 17.8 Å². The molecule has 2 fully saturated rings. The molecule has 5 nitrogen and oxygen atoms in total. The third kappa shape index (κ3) is 4.34. The van der Waals surface area contributed by atoms with E-state index in [0.29, 0.717) is 11.2 Å². The normalized spacial score (nSPS) is 25.5. The van der Waals surface area contributed by atoms with Crippen molar-refractivity contribution in [1.82, 2.24) is 4.57 Å². The number of carbonyl (C=O) groups excluding carboxylic acids is 1. The summed E-state index contributed by atoms with van der Waals surface area (Å²) in [4.78, 5) is 29.9. The summed E-state index contributed by atoms with van der Waals surface area (Å²) >= 11 is 3.25. The summed E-state index contributed by atoms with van der Waals surface area (Å²) in [6.45, 7) is 8.41. The number of carbonyl (C=O) groups is 1. The van der Waals surface area contributed by atoms with Gasteiger partial charge in [0.15, 0.2) is 0 Å². The minimum absolute atomic E-state index is 0.0190. The van der Waals surface area contributed by atoms with Crippen LogP contribution in [0.4, 0.5) is 11.4 Å². The quantitative estimate of drug-likeness (QED) is 0.384. The van der Waals surface area contributed by atoms with E-state index in [1.54, 1.807) is 4.57 Å². The predicted octanol–water partition coefficient (Wildman–Crippen LogP) is 6.36. The van der Waals surface area contributed by atoms with Gasteiger partial charge in [-0.1, -0.05) is 41.7 Å². The lowest BCUT2D eigenvalue weighted by atomic mass is 9.75. The molecule has 5 atom stereocenters. The number of thioether (sulfide) groups is 1. The number of hydrogen-bond donors (Lipinski definition) is 1. The molecule has 37 heavy (non-hydrogen) atoms. The van der Waals surface area contributed by atoms with Crippen molar-refractivity contribution in [3.63, 3.8) is 0 Å². The van der Waals surface area contributed by atoms with E-state index in [1.165, 1.54) is 46.7 Å². The molecule has 2 aliphatic carbocycles. The molecule has 4 unspecified atom stereocenters. The van der Waals surface area contributed by atoms with E-state index in [0.717, 1.165) is 41.2 Å². The fourth-order valence-electron chi connectivity index (χ4n) is 6.99. The number of anilines is 2. The highest BCUT2D eigenvalue weighted by atomic mass is 32.2. The first kappa shape index (κ1) is 24.8. The highest BCUT2D eigenvalue weighted by Gasteiger charge is 2.55. The lowest BCUT2D eigenvalue weighted by molar-refractivity contribution is -0.116. The molecule has 1 aliphatic heterocycles. The van der Waals surface area contributed by atoms with E-state index >= 15 is 0 Å². The Bertz CT molecular complexity index is 1360. The number of hydrogen-bond acceptors (Lipinski definition) is 5. The molecule has 2 saturated carbocycles. The van der Waals surface area contributed by atoms with Crippen LogP contribution in [-0.2, 0) is 11.3 Å². The SMILES string of the molecule is CCN(CC)c1ccc([C@H]2c3sc(=O)n(CC(=O)Nc4ccccc4C)c3SC3C4CCC(C4)C32)cc1. The van der Waals surface area contributed by atoms with E-state index < -0.39 is 0 Å². The first-order chi connectivity index (χ1) is 18.0. The van der Waals surface area contributed by atoms with Gasteiger partial charge in [-0.2, -0.15) is 0 Å². The molecule has 194 valence electrons. The zero-order valence-corrected chi connectivity index (χ0v) is 23.4. The molecule has 3 aliphatic rings. The van der Waals surface area contributed by atoms with E-state index in [2.05, 4.69) is 48.3 Å². The van der Waals surface area contributed by atoms with Crippen molar-refractivity contribution in [1.29, 1.82) is 0 Å². The molecule has 2 aromatic carbocycles. The highest BCUT2D eigenvalue weighted by Crippen LogP contribution is 2.64. The van der Waals surface area contributed by atoms with Crippen molar-refractivity contribution in [3.05, 3.63) is 74.2 Å². The Kier molecular flexibility index (Phi) is 6.70. The minimum atomic E-state index is -0.146. The van der Waals surface area contributed by atoms with Gasteiger partial charge in [-0.3, -0.25) is 14.2 Å². The van der Waals surface area contributed by atoms with Crippen LogP contribution in [0.2, 0.25) is 0 Å². The first-order valence-corrected chi connectivity index (χ1v) is 15.3. The van der Waals surface area contributed by atoms with Crippen LogP contribution < -0.4 is 15.1 Å². The second-order valence-electron chi connectivity index (χ2n) is 10.7. The maximum atomic E-state index is 13.3. The number of amides is 1. The van der Waals surface area contributed by atoms with Gasteiger partial charge in [-0.05, 0) is 87.1 Å². The Morgan fingerprint density at radius 3 is 2.51 bits per heavy atom. The number of aromatic nitrogens is 1. The van der Waals surface area contributed by atoms with Gasteiger partial charge in [-0.15, -0.1) is 11.8 Å². The number of nitrogens with zero attached hydrogens (tertiary/aromatic N) is 2. The van der Waals surface area contributed by atoms with Gasteiger partial charge < -0.3 is 10.2 Å². The maximum Gasteiger partial charge on any atom is 0.308 e. The van der Waals surface area contributed by atoms with Crippen LogP contribution in [0.5, 0.6) is 0 Å². The van der Waals surface area contributed by atoms with Crippen LogP contribution in [0.1, 0.15) is 55.0 Å². The minimum Gasteiger partial charge on any atom is -0.372 e. The van der Waals surface area contributed by atoms with Crippen molar-refractivity contribution in [2.75, 3.05) is 23.3 Å². The molecule has 6 rings (SSSR count). The number of rotatable bonds is 7. The maximum absolute atomic E-state index is 13.3. The van der Waals surface area contributed by atoms with E-state index in [-0.39, 0.29) is 23.2 Å². The molecule has 0 saturated heterocycles. The fourth-order valence-corrected chi connectivity index (χ4v) is 10.1. The summed E-state index contributed by atoms with van der Waals surface area (Å²) in [5.74, 6) is 2.12. The average Bonchev–Trinajstić information content (AvgIpc) is 3.60. The molecule has 2 bridgehead atoms. The van der Waals surface area contributed by atoms with Crippen LogP contribution >= 0.6 is 23.1 Å². The summed E-state index contributed by atoms with van der Waals surface area (Å²) in [5.41, 5.74) is 4.39. The average molecular weight is 534 g/mol. The fraction of sp³-hybridized carbons (Fsp3) is 0.467. The van der Waals surface area contributed by atoms with Gasteiger partial charge in [0.2, 0.25) is 5.91 Å². The third-order valence-electron chi connectivity index (χ3n) is 8.79. The van der Waals surface area contributed by atoms with Gasteiger partial charge in [0.25, 0.3) is 0 Å². The lowest BCUT2D eigenvalue weighted by Gasteiger charge is -2.40. The van der Waals surface area contributed by atoms with Crippen molar-refractivity contribution in [2.45, 2.75) is 62.8 Å². The van der Waals surface area contributed by atoms with Gasteiger partial charge in [0.1, 0.15) is 6.54 Å². The summed E-state index contributed by atoms with van der Waals surface area (Å²) < 4.78 is 1.75. The Hall–Kier alpha value is -2.51. The number of para-hydroxylation sites is 1. The number of nitrogens with one attached hydrogen (secondary N) is 1. The zero-order valence-electron chi connectivity index (χ0n) is 21.8. The predicted molar refractivity (Wildman–Crippen MR) is 154 cm³/mol.